The second-order valence-electron chi connectivity index (χ2n) is 5.99. The van der Waals surface area contributed by atoms with E-state index in [9.17, 15) is 4.79 Å². The molecule has 2 aromatic carbocycles. The fourth-order valence-corrected chi connectivity index (χ4v) is 2.90. The third-order valence-electron chi connectivity index (χ3n) is 4.20. The van der Waals surface area contributed by atoms with Crippen molar-refractivity contribution in [2.45, 2.75) is 13.5 Å². The van der Waals surface area contributed by atoms with Gasteiger partial charge in [0.25, 0.3) is 5.91 Å². The number of amides is 1. The molecule has 6 nitrogen and oxygen atoms in total. The smallest absolute Gasteiger partial charge is 0.257 e. The number of aromatic nitrogens is 1. The Bertz CT molecular complexity index is 934. The molecule has 132 valence electrons. The molecule has 1 amide bonds. The molecule has 1 N–H and O–H groups in total. The number of hydrogen-bond acceptors (Lipinski definition) is 5. The summed E-state index contributed by atoms with van der Waals surface area (Å²) in [7, 11) is 0. The molecule has 1 aliphatic rings. The quantitative estimate of drug-likeness (QED) is 0.781. The molecule has 0 spiro atoms. The Hall–Kier alpha value is -3.28. The van der Waals surface area contributed by atoms with Gasteiger partial charge in [-0.25, -0.2) is 0 Å². The first-order valence-electron chi connectivity index (χ1n) is 8.41. The number of benzene rings is 2. The maximum Gasteiger partial charge on any atom is 0.257 e. The molecule has 6 heteroatoms. The van der Waals surface area contributed by atoms with E-state index in [4.69, 9.17) is 14.0 Å². The number of carbonyl (C=O) groups is 1. The molecule has 26 heavy (non-hydrogen) atoms. The largest absolute Gasteiger partial charge is 0.486 e. The number of carbonyl (C=O) groups excluding carboxylic acids is 1. The second-order valence-corrected chi connectivity index (χ2v) is 5.99. The normalized spacial score (nSPS) is 12.7. The van der Waals surface area contributed by atoms with Gasteiger partial charge in [0.05, 0.1) is 0 Å². The summed E-state index contributed by atoms with van der Waals surface area (Å²) in [6.07, 6.45) is 0. The lowest BCUT2D eigenvalue weighted by molar-refractivity contribution is 0.0950. The highest BCUT2D eigenvalue weighted by atomic mass is 16.6. The molecule has 0 saturated carbocycles. The maximum absolute atomic E-state index is 12.7. The van der Waals surface area contributed by atoms with Crippen LogP contribution < -0.4 is 14.8 Å². The monoisotopic (exact) mass is 350 g/mol. The lowest BCUT2D eigenvalue weighted by Crippen LogP contribution is -2.24. The first-order chi connectivity index (χ1) is 12.7. The standard InChI is InChI=1S/C20H18N2O4/c1-13-18(19(22-26-13)15-5-3-2-4-6-15)20(23)21-12-14-7-8-16-17(11-14)25-10-9-24-16/h2-8,11H,9-10,12H2,1H3,(H,21,23). The van der Waals surface area contributed by atoms with Crippen molar-refractivity contribution in [2.75, 3.05) is 13.2 Å². The number of hydrogen-bond donors (Lipinski definition) is 1. The van der Waals surface area contributed by atoms with Crippen molar-refractivity contribution in [3.05, 3.63) is 65.4 Å². The lowest BCUT2D eigenvalue weighted by Gasteiger charge is -2.19. The molecule has 0 radical (unpaired) electrons. The van der Waals surface area contributed by atoms with Crippen LogP contribution in [0.25, 0.3) is 11.3 Å². The van der Waals surface area contributed by atoms with Gasteiger partial charge in [-0.05, 0) is 24.6 Å². The molecule has 4 rings (SSSR count). The highest BCUT2D eigenvalue weighted by Crippen LogP contribution is 2.31. The summed E-state index contributed by atoms with van der Waals surface area (Å²) in [6, 6.07) is 15.2. The molecule has 0 bridgehead atoms. The van der Waals surface area contributed by atoms with E-state index in [1.54, 1.807) is 6.92 Å². The number of nitrogens with one attached hydrogen (secondary N) is 1. The minimum absolute atomic E-state index is 0.225. The minimum atomic E-state index is -0.225. The third kappa shape index (κ3) is 3.13. The van der Waals surface area contributed by atoms with Crippen LogP contribution in [0.3, 0.4) is 0 Å². The van der Waals surface area contributed by atoms with Gasteiger partial charge in [-0.3, -0.25) is 4.79 Å². The van der Waals surface area contributed by atoms with Gasteiger partial charge in [0.1, 0.15) is 30.2 Å². The molecule has 1 aromatic heterocycles. The average molecular weight is 350 g/mol. The molecule has 0 unspecified atom stereocenters. The molecule has 0 aliphatic carbocycles. The zero-order valence-electron chi connectivity index (χ0n) is 14.3. The highest BCUT2D eigenvalue weighted by Gasteiger charge is 2.21. The van der Waals surface area contributed by atoms with E-state index in [-0.39, 0.29) is 5.91 Å². The summed E-state index contributed by atoms with van der Waals surface area (Å²) in [5.41, 5.74) is 2.77. The Kier molecular flexibility index (Phi) is 4.31. The number of nitrogens with zero attached hydrogens (tertiary/aromatic N) is 1. The second kappa shape index (κ2) is 6.92. The van der Waals surface area contributed by atoms with Crippen LogP contribution in [0.4, 0.5) is 0 Å². The van der Waals surface area contributed by atoms with Crippen molar-refractivity contribution in [3.63, 3.8) is 0 Å². The maximum atomic E-state index is 12.7. The van der Waals surface area contributed by atoms with E-state index in [1.165, 1.54) is 0 Å². The van der Waals surface area contributed by atoms with Crippen molar-refractivity contribution in [2.24, 2.45) is 0 Å². The van der Waals surface area contributed by atoms with Gasteiger partial charge in [-0.2, -0.15) is 0 Å². The zero-order valence-corrected chi connectivity index (χ0v) is 14.3. The Morgan fingerprint density at radius 1 is 1.08 bits per heavy atom. The molecule has 3 aromatic rings. The van der Waals surface area contributed by atoms with Gasteiger partial charge in [0.15, 0.2) is 11.5 Å². The first kappa shape index (κ1) is 16.2. The summed E-state index contributed by atoms with van der Waals surface area (Å²) in [4.78, 5) is 12.7. The number of rotatable bonds is 4. The van der Waals surface area contributed by atoms with Crippen molar-refractivity contribution >= 4 is 5.91 Å². The van der Waals surface area contributed by atoms with E-state index >= 15 is 0 Å². The van der Waals surface area contributed by atoms with Crippen LogP contribution in [0.2, 0.25) is 0 Å². The molecule has 0 saturated heterocycles. The van der Waals surface area contributed by atoms with E-state index in [0.717, 1.165) is 16.9 Å². The Balaban J connectivity index is 1.52. The summed E-state index contributed by atoms with van der Waals surface area (Å²) in [6.45, 7) is 3.19. The predicted molar refractivity (Wildman–Crippen MR) is 95.3 cm³/mol. The molecule has 2 heterocycles. The lowest BCUT2D eigenvalue weighted by atomic mass is 10.1. The van der Waals surface area contributed by atoms with Gasteiger partial charge in [-0.15, -0.1) is 0 Å². The van der Waals surface area contributed by atoms with E-state index < -0.39 is 0 Å². The van der Waals surface area contributed by atoms with Crippen molar-refractivity contribution < 1.29 is 18.8 Å². The summed E-state index contributed by atoms with van der Waals surface area (Å²) in [5.74, 6) is 1.70. The summed E-state index contributed by atoms with van der Waals surface area (Å²) >= 11 is 0. The number of fused-ring (bicyclic) bond motifs is 1. The average Bonchev–Trinajstić information content (AvgIpc) is 3.08. The molecule has 1 aliphatic heterocycles. The predicted octanol–water partition coefficient (Wildman–Crippen LogP) is 3.35. The van der Waals surface area contributed by atoms with Crippen LogP contribution in [-0.2, 0) is 6.54 Å². The van der Waals surface area contributed by atoms with Gasteiger partial charge in [0, 0.05) is 12.1 Å². The number of ether oxygens (including phenoxy) is 2. The van der Waals surface area contributed by atoms with Crippen molar-refractivity contribution in [1.29, 1.82) is 0 Å². The van der Waals surface area contributed by atoms with Crippen LogP contribution in [0.15, 0.2) is 53.1 Å². The number of aryl methyl sites for hydroxylation is 1. The zero-order chi connectivity index (χ0) is 17.9. The third-order valence-corrected chi connectivity index (χ3v) is 4.20. The summed E-state index contributed by atoms with van der Waals surface area (Å²) in [5, 5.41) is 6.97. The van der Waals surface area contributed by atoms with E-state index in [0.29, 0.717) is 42.5 Å². The fraction of sp³-hybridized carbons (Fsp3) is 0.200. The first-order valence-corrected chi connectivity index (χ1v) is 8.41. The Morgan fingerprint density at radius 2 is 1.85 bits per heavy atom. The van der Waals surface area contributed by atoms with Crippen LogP contribution in [0.5, 0.6) is 11.5 Å². The highest BCUT2D eigenvalue weighted by molar-refractivity contribution is 6.00. The summed E-state index contributed by atoms with van der Waals surface area (Å²) < 4.78 is 16.3. The Labute approximate surface area is 150 Å². The molecular formula is C20H18N2O4. The van der Waals surface area contributed by atoms with Gasteiger partial charge in [0.2, 0.25) is 0 Å². The SMILES string of the molecule is Cc1onc(-c2ccccc2)c1C(=O)NCc1ccc2c(c1)OCCO2. The van der Waals surface area contributed by atoms with Crippen LogP contribution in [0, 0.1) is 6.92 Å². The van der Waals surface area contributed by atoms with Crippen molar-refractivity contribution in [3.8, 4) is 22.8 Å². The van der Waals surface area contributed by atoms with E-state index in [1.807, 2.05) is 48.5 Å². The van der Waals surface area contributed by atoms with Crippen molar-refractivity contribution in [1.82, 2.24) is 10.5 Å². The molecular weight excluding hydrogens is 332 g/mol. The molecule has 0 fully saturated rings. The van der Waals surface area contributed by atoms with Gasteiger partial charge in [-0.1, -0.05) is 41.6 Å². The van der Waals surface area contributed by atoms with E-state index in [2.05, 4.69) is 10.5 Å². The molecule has 0 atom stereocenters. The fourth-order valence-electron chi connectivity index (χ4n) is 2.90. The van der Waals surface area contributed by atoms with Crippen LogP contribution >= 0.6 is 0 Å². The topological polar surface area (TPSA) is 73.6 Å². The van der Waals surface area contributed by atoms with Crippen LogP contribution in [0.1, 0.15) is 21.7 Å². The van der Waals surface area contributed by atoms with Gasteiger partial charge < -0.3 is 19.3 Å². The minimum Gasteiger partial charge on any atom is -0.486 e. The van der Waals surface area contributed by atoms with Crippen LogP contribution in [-0.4, -0.2) is 24.3 Å². The Morgan fingerprint density at radius 3 is 2.65 bits per heavy atom. The van der Waals surface area contributed by atoms with Gasteiger partial charge >= 0.3 is 0 Å².